The topological polar surface area (TPSA) is 55.9 Å². The predicted octanol–water partition coefficient (Wildman–Crippen LogP) is 3.18. The Bertz CT molecular complexity index is 767. The van der Waals surface area contributed by atoms with E-state index in [0.29, 0.717) is 5.75 Å². The van der Waals surface area contributed by atoms with Crippen molar-refractivity contribution in [3.8, 4) is 17.2 Å². The molecule has 1 atom stereocenters. The van der Waals surface area contributed by atoms with E-state index in [1.165, 1.54) is 5.56 Å². The predicted molar refractivity (Wildman–Crippen MR) is 93.8 cm³/mol. The summed E-state index contributed by atoms with van der Waals surface area (Å²) in [5, 5.41) is 3.50. The standard InChI is InChI=1S/C17H18BrN3O3/c1-21-6-5-10-7-12-15(24-9-23-12)16(22-2)14(10)17(21)20-13-4-3-11(18)8-19-13/h3-4,7-8,17H,5-6,9H2,1-2H3,(H,19,20). The molecule has 1 aromatic carbocycles. The van der Waals surface area contributed by atoms with Crippen LogP contribution in [0.1, 0.15) is 17.3 Å². The van der Waals surface area contributed by atoms with Gasteiger partial charge >= 0.3 is 0 Å². The Morgan fingerprint density at radius 1 is 1.38 bits per heavy atom. The van der Waals surface area contributed by atoms with E-state index in [1.807, 2.05) is 12.1 Å². The summed E-state index contributed by atoms with van der Waals surface area (Å²) in [5.41, 5.74) is 2.30. The number of ether oxygens (including phenoxy) is 3. The van der Waals surface area contributed by atoms with Crippen LogP contribution in [0, 0.1) is 0 Å². The summed E-state index contributed by atoms with van der Waals surface area (Å²) in [6, 6.07) is 5.98. The van der Waals surface area contributed by atoms with Crippen molar-refractivity contribution in [2.45, 2.75) is 12.6 Å². The van der Waals surface area contributed by atoms with E-state index in [4.69, 9.17) is 14.2 Å². The lowest BCUT2D eigenvalue weighted by molar-refractivity contribution is 0.170. The number of nitrogens with zero attached hydrogens (tertiary/aromatic N) is 2. The van der Waals surface area contributed by atoms with E-state index in [9.17, 15) is 0 Å². The van der Waals surface area contributed by atoms with Gasteiger partial charge in [0.25, 0.3) is 0 Å². The Labute approximate surface area is 148 Å². The average Bonchev–Trinajstić information content (AvgIpc) is 3.05. The number of halogens is 1. The molecule has 0 radical (unpaired) electrons. The molecule has 0 fully saturated rings. The molecule has 1 unspecified atom stereocenters. The van der Waals surface area contributed by atoms with Gasteiger partial charge in [0.2, 0.25) is 12.5 Å². The van der Waals surface area contributed by atoms with Crippen molar-refractivity contribution >= 4 is 21.7 Å². The second-order valence-corrected chi connectivity index (χ2v) is 6.77. The van der Waals surface area contributed by atoms with Gasteiger partial charge in [-0.05, 0) is 53.2 Å². The fraction of sp³-hybridized carbons (Fsp3) is 0.353. The number of aromatic nitrogens is 1. The second-order valence-electron chi connectivity index (χ2n) is 5.86. The lowest BCUT2D eigenvalue weighted by Gasteiger charge is -2.36. The molecule has 2 aromatic rings. The number of anilines is 1. The van der Waals surface area contributed by atoms with Crippen LogP contribution in [0.25, 0.3) is 0 Å². The van der Waals surface area contributed by atoms with Crippen LogP contribution in [0.3, 0.4) is 0 Å². The molecule has 3 heterocycles. The molecule has 0 spiro atoms. The summed E-state index contributed by atoms with van der Waals surface area (Å²) in [6.07, 6.45) is 2.67. The number of fused-ring (bicyclic) bond motifs is 2. The summed E-state index contributed by atoms with van der Waals surface area (Å²) >= 11 is 3.41. The van der Waals surface area contributed by atoms with Crippen LogP contribution in [0.2, 0.25) is 0 Å². The summed E-state index contributed by atoms with van der Waals surface area (Å²) in [4.78, 5) is 6.67. The minimum Gasteiger partial charge on any atom is -0.492 e. The number of rotatable bonds is 3. The zero-order chi connectivity index (χ0) is 16.7. The minimum absolute atomic E-state index is 0.0492. The molecular weight excluding hydrogens is 374 g/mol. The molecule has 1 aromatic heterocycles. The van der Waals surface area contributed by atoms with Gasteiger partial charge in [-0.15, -0.1) is 0 Å². The molecule has 0 bridgehead atoms. The molecule has 0 saturated heterocycles. The van der Waals surface area contributed by atoms with E-state index < -0.39 is 0 Å². The molecule has 126 valence electrons. The molecule has 2 aliphatic heterocycles. The smallest absolute Gasteiger partial charge is 0.231 e. The third kappa shape index (κ3) is 2.57. The van der Waals surface area contributed by atoms with Crippen LogP contribution in [0.15, 0.2) is 28.9 Å². The SMILES string of the molecule is COc1c2c(cc3c1C(Nc1ccc(Br)cn1)N(C)CC3)OCO2. The number of likely N-dealkylation sites (N-methyl/N-ethyl adjacent to an activating group) is 1. The summed E-state index contributed by atoms with van der Waals surface area (Å²) in [5.74, 6) is 2.99. The summed E-state index contributed by atoms with van der Waals surface area (Å²) in [6.45, 7) is 1.17. The van der Waals surface area contributed by atoms with Crippen LogP contribution in [-0.4, -0.2) is 37.4 Å². The Morgan fingerprint density at radius 2 is 2.25 bits per heavy atom. The van der Waals surface area contributed by atoms with Crippen molar-refractivity contribution in [1.29, 1.82) is 0 Å². The van der Waals surface area contributed by atoms with E-state index >= 15 is 0 Å². The molecular formula is C17H18BrN3O3. The average molecular weight is 392 g/mol. The zero-order valence-corrected chi connectivity index (χ0v) is 15.1. The van der Waals surface area contributed by atoms with Gasteiger partial charge in [0.1, 0.15) is 12.0 Å². The van der Waals surface area contributed by atoms with Crippen LogP contribution >= 0.6 is 15.9 Å². The van der Waals surface area contributed by atoms with Crippen LogP contribution < -0.4 is 19.5 Å². The molecule has 0 amide bonds. The van der Waals surface area contributed by atoms with Gasteiger partial charge in [0.15, 0.2) is 11.5 Å². The quantitative estimate of drug-likeness (QED) is 0.866. The van der Waals surface area contributed by atoms with Crippen molar-refractivity contribution in [3.05, 3.63) is 40.0 Å². The lowest BCUT2D eigenvalue weighted by atomic mass is 9.95. The highest BCUT2D eigenvalue weighted by atomic mass is 79.9. The first-order valence-corrected chi connectivity index (χ1v) is 8.54. The molecule has 2 aliphatic rings. The highest BCUT2D eigenvalue weighted by molar-refractivity contribution is 9.10. The van der Waals surface area contributed by atoms with E-state index in [2.05, 4.69) is 44.2 Å². The maximum absolute atomic E-state index is 5.69. The van der Waals surface area contributed by atoms with Crippen molar-refractivity contribution in [2.75, 3.05) is 32.8 Å². The number of hydrogen-bond acceptors (Lipinski definition) is 6. The molecule has 0 saturated carbocycles. The first-order chi connectivity index (χ1) is 11.7. The van der Waals surface area contributed by atoms with Gasteiger partial charge in [-0.2, -0.15) is 0 Å². The number of pyridine rings is 1. The van der Waals surface area contributed by atoms with Crippen LogP contribution in [0.5, 0.6) is 17.2 Å². The fourth-order valence-corrected chi connectivity index (χ4v) is 3.45. The molecule has 7 heteroatoms. The maximum Gasteiger partial charge on any atom is 0.231 e. The molecule has 0 aliphatic carbocycles. The third-order valence-electron chi connectivity index (χ3n) is 4.41. The van der Waals surface area contributed by atoms with Gasteiger partial charge < -0.3 is 19.5 Å². The Hall–Kier alpha value is -1.99. The summed E-state index contributed by atoms with van der Waals surface area (Å²) in [7, 11) is 3.75. The summed E-state index contributed by atoms with van der Waals surface area (Å²) < 4.78 is 17.8. The molecule has 6 nitrogen and oxygen atoms in total. The zero-order valence-electron chi connectivity index (χ0n) is 13.5. The Kier molecular flexibility index (Phi) is 3.97. The Morgan fingerprint density at radius 3 is 3.00 bits per heavy atom. The van der Waals surface area contributed by atoms with Crippen molar-refractivity contribution in [1.82, 2.24) is 9.88 Å². The monoisotopic (exact) mass is 391 g/mol. The van der Waals surface area contributed by atoms with Crippen molar-refractivity contribution < 1.29 is 14.2 Å². The van der Waals surface area contributed by atoms with Crippen LogP contribution in [-0.2, 0) is 6.42 Å². The largest absolute Gasteiger partial charge is 0.492 e. The van der Waals surface area contributed by atoms with Gasteiger partial charge in [0, 0.05) is 22.8 Å². The Balaban J connectivity index is 1.78. The lowest BCUT2D eigenvalue weighted by Crippen LogP contribution is -2.37. The van der Waals surface area contributed by atoms with Gasteiger partial charge in [0.05, 0.1) is 7.11 Å². The maximum atomic E-state index is 5.69. The van der Waals surface area contributed by atoms with E-state index in [1.54, 1.807) is 13.3 Å². The highest BCUT2D eigenvalue weighted by Gasteiger charge is 2.34. The minimum atomic E-state index is -0.0492. The first-order valence-electron chi connectivity index (χ1n) is 7.75. The van der Waals surface area contributed by atoms with E-state index in [-0.39, 0.29) is 13.0 Å². The highest BCUT2D eigenvalue weighted by Crippen LogP contribution is 2.49. The molecule has 24 heavy (non-hydrogen) atoms. The number of hydrogen-bond donors (Lipinski definition) is 1. The molecule has 1 N–H and O–H groups in total. The number of nitrogens with one attached hydrogen (secondary N) is 1. The number of methoxy groups -OCH3 is 1. The van der Waals surface area contributed by atoms with Gasteiger partial charge in [-0.25, -0.2) is 4.98 Å². The third-order valence-corrected chi connectivity index (χ3v) is 4.88. The van der Waals surface area contributed by atoms with E-state index in [0.717, 1.165) is 40.3 Å². The number of benzene rings is 1. The van der Waals surface area contributed by atoms with Crippen LogP contribution in [0.4, 0.5) is 5.82 Å². The second kappa shape index (κ2) is 6.14. The van der Waals surface area contributed by atoms with Crippen molar-refractivity contribution in [3.63, 3.8) is 0 Å². The molecule has 4 rings (SSSR count). The van der Waals surface area contributed by atoms with Gasteiger partial charge in [-0.3, -0.25) is 4.90 Å². The first kappa shape index (κ1) is 15.5. The van der Waals surface area contributed by atoms with Gasteiger partial charge in [-0.1, -0.05) is 0 Å². The fourth-order valence-electron chi connectivity index (χ4n) is 3.22. The normalized spacial score (nSPS) is 19.0. The van der Waals surface area contributed by atoms with Crippen molar-refractivity contribution in [2.24, 2.45) is 0 Å².